The maximum absolute atomic E-state index is 12.2. The summed E-state index contributed by atoms with van der Waals surface area (Å²) in [6.07, 6.45) is 4.50. The number of carbonyl (C=O) groups is 1. The predicted octanol–water partition coefficient (Wildman–Crippen LogP) is 2.08. The van der Waals surface area contributed by atoms with Crippen molar-refractivity contribution in [3.05, 3.63) is 47.1 Å². The van der Waals surface area contributed by atoms with Crippen LogP contribution in [0, 0.1) is 0 Å². The summed E-state index contributed by atoms with van der Waals surface area (Å²) in [7, 11) is 0. The van der Waals surface area contributed by atoms with Crippen LogP contribution in [0.25, 0.3) is 11.5 Å². The van der Waals surface area contributed by atoms with Gasteiger partial charge in [-0.15, -0.1) is 0 Å². The van der Waals surface area contributed by atoms with Crippen molar-refractivity contribution < 1.29 is 13.7 Å². The molecule has 3 heterocycles. The van der Waals surface area contributed by atoms with E-state index in [1.807, 2.05) is 0 Å². The van der Waals surface area contributed by atoms with Crippen LogP contribution in [0.1, 0.15) is 33.9 Å². The molecule has 22 heavy (non-hydrogen) atoms. The Hall–Kier alpha value is -2.83. The molecule has 1 aliphatic rings. The molecule has 0 spiro atoms. The highest BCUT2D eigenvalue weighted by Crippen LogP contribution is 2.23. The summed E-state index contributed by atoms with van der Waals surface area (Å²) in [4.78, 5) is 12.2. The Kier molecular flexibility index (Phi) is 3.03. The van der Waals surface area contributed by atoms with Crippen LogP contribution in [0.5, 0.6) is 0 Å². The predicted molar refractivity (Wildman–Crippen MR) is 76.0 cm³/mol. The van der Waals surface area contributed by atoms with Crippen LogP contribution < -0.4 is 5.32 Å². The number of nitrogens with zero attached hydrogens (tertiary/aromatic N) is 2. The van der Waals surface area contributed by atoms with Gasteiger partial charge in [-0.25, -0.2) is 0 Å². The van der Waals surface area contributed by atoms with Gasteiger partial charge in [-0.05, 0) is 31.4 Å². The molecular weight excluding hydrogens is 284 g/mol. The van der Waals surface area contributed by atoms with Gasteiger partial charge in [0.1, 0.15) is 5.69 Å². The Morgan fingerprint density at radius 3 is 3.18 bits per heavy atom. The topological polar surface area (TPSA) is 97.0 Å². The zero-order valence-corrected chi connectivity index (χ0v) is 11.8. The second kappa shape index (κ2) is 5.18. The van der Waals surface area contributed by atoms with Crippen LogP contribution in [-0.2, 0) is 19.4 Å². The van der Waals surface area contributed by atoms with Gasteiger partial charge in [-0.2, -0.15) is 5.10 Å². The monoisotopic (exact) mass is 298 g/mol. The van der Waals surface area contributed by atoms with Crippen molar-refractivity contribution in [3.8, 4) is 11.5 Å². The first-order chi connectivity index (χ1) is 10.8. The van der Waals surface area contributed by atoms with Gasteiger partial charge in [0, 0.05) is 17.3 Å². The Morgan fingerprint density at radius 1 is 1.36 bits per heavy atom. The van der Waals surface area contributed by atoms with E-state index in [2.05, 4.69) is 20.7 Å². The van der Waals surface area contributed by atoms with Crippen molar-refractivity contribution in [2.24, 2.45) is 0 Å². The number of hydrogen-bond donors (Lipinski definition) is 2. The molecule has 7 nitrogen and oxygen atoms in total. The summed E-state index contributed by atoms with van der Waals surface area (Å²) >= 11 is 0. The van der Waals surface area contributed by atoms with Gasteiger partial charge in [0.05, 0.1) is 12.8 Å². The zero-order chi connectivity index (χ0) is 14.9. The first kappa shape index (κ1) is 12.9. The fourth-order valence-electron chi connectivity index (χ4n) is 2.69. The molecule has 0 radical (unpaired) electrons. The third-order valence-corrected chi connectivity index (χ3v) is 3.77. The van der Waals surface area contributed by atoms with Gasteiger partial charge in [-0.3, -0.25) is 9.89 Å². The number of aromatic amines is 1. The smallest absolute Gasteiger partial charge is 0.272 e. The largest absolute Gasteiger partial charge is 0.461 e. The molecule has 0 bridgehead atoms. The van der Waals surface area contributed by atoms with Crippen LogP contribution in [0.4, 0.5) is 0 Å². The number of nitrogens with one attached hydrogen (secondary N) is 2. The van der Waals surface area contributed by atoms with E-state index in [4.69, 9.17) is 8.94 Å². The van der Waals surface area contributed by atoms with E-state index in [-0.39, 0.29) is 12.5 Å². The molecule has 0 unspecified atom stereocenters. The molecule has 7 heteroatoms. The Labute approximate surface area is 125 Å². The van der Waals surface area contributed by atoms with Gasteiger partial charge >= 0.3 is 0 Å². The fraction of sp³-hybridized carbons (Fsp3) is 0.267. The van der Waals surface area contributed by atoms with E-state index in [9.17, 15) is 4.79 Å². The van der Waals surface area contributed by atoms with Crippen LogP contribution in [0.15, 0.2) is 33.4 Å². The molecule has 1 amide bonds. The molecule has 3 aromatic heterocycles. The summed E-state index contributed by atoms with van der Waals surface area (Å²) in [5.74, 6) is 0.951. The lowest BCUT2D eigenvalue weighted by Gasteiger charge is -2.01. The number of carbonyl (C=O) groups excluding carboxylic acids is 1. The lowest BCUT2D eigenvalue weighted by atomic mass is 10.2. The normalized spacial score (nSPS) is 13.3. The van der Waals surface area contributed by atoms with E-state index in [1.165, 1.54) is 0 Å². The molecule has 0 saturated carbocycles. The molecule has 0 fully saturated rings. The first-order valence-corrected chi connectivity index (χ1v) is 7.15. The molecule has 0 aliphatic heterocycles. The van der Waals surface area contributed by atoms with Crippen molar-refractivity contribution in [1.29, 1.82) is 0 Å². The lowest BCUT2D eigenvalue weighted by molar-refractivity contribution is 0.0944. The summed E-state index contributed by atoms with van der Waals surface area (Å²) in [5.41, 5.74) is 3.23. The molecule has 4 rings (SSSR count). The minimum absolute atomic E-state index is 0.193. The summed E-state index contributed by atoms with van der Waals surface area (Å²) < 4.78 is 10.4. The van der Waals surface area contributed by atoms with Crippen molar-refractivity contribution in [2.75, 3.05) is 0 Å². The molecule has 0 aromatic carbocycles. The van der Waals surface area contributed by atoms with Gasteiger partial charge in [0.15, 0.2) is 11.5 Å². The molecule has 0 saturated heterocycles. The molecule has 2 N–H and O–H groups in total. The molecule has 112 valence electrons. The van der Waals surface area contributed by atoms with Crippen molar-refractivity contribution in [1.82, 2.24) is 20.7 Å². The molecule has 1 aliphatic carbocycles. The second-order valence-corrected chi connectivity index (χ2v) is 5.23. The Bertz CT molecular complexity index is 801. The highest BCUT2D eigenvalue weighted by molar-refractivity contribution is 5.94. The van der Waals surface area contributed by atoms with Crippen molar-refractivity contribution >= 4 is 5.91 Å². The number of rotatable bonds is 4. The van der Waals surface area contributed by atoms with Crippen LogP contribution in [0.3, 0.4) is 0 Å². The standard InChI is InChI=1S/C15H14N4O3/c20-15(14-10-3-1-4-11(10)17-18-14)16-8-9-7-13(22-19-9)12-5-2-6-21-12/h2,5-7H,1,3-4,8H2,(H,16,20)(H,17,18). The fourth-order valence-corrected chi connectivity index (χ4v) is 2.69. The van der Waals surface area contributed by atoms with E-state index < -0.39 is 0 Å². The van der Waals surface area contributed by atoms with Gasteiger partial charge in [0.25, 0.3) is 5.91 Å². The van der Waals surface area contributed by atoms with E-state index in [0.29, 0.717) is 22.9 Å². The molecule has 3 aromatic rings. The van der Waals surface area contributed by atoms with Gasteiger partial charge in [-0.1, -0.05) is 5.16 Å². The van der Waals surface area contributed by atoms with E-state index in [1.54, 1.807) is 24.5 Å². The summed E-state index contributed by atoms with van der Waals surface area (Å²) in [6.45, 7) is 0.282. The minimum Gasteiger partial charge on any atom is -0.461 e. The highest BCUT2D eigenvalue weighted by atomic mass is 16.5. The van der Waals surface area contributed by atoms with Crippen molar-refractivity contribution in [3.63, 3.8) is 0 Å². The maximum atomic E-state index is 12.2. The Balaban J connectivity index is 1.43. The average Bonchev–Trinajstić information content (AvgIpc) is 3.27. The number of hydrogen-bond acceptors (Lipinski definition) is 5. The average molecular weight is 298 g/mol. The van der Waals surface area contributed by atoms with Crippen LogP contribution >= 0.6 is 0 Å². The SMILES string of the molecule is O=C(NCc1cc(-c2ccco2)on1)c1n[nH]c2c1CCC2. The van der Waals surface area contributed by atoms with Gasteiger partial charge in [0.2, 0.25) is 5.76 Å². The first-order valence-electron chi connectivity index (χ1n) is 7.15. The zero-order valence-electron chi connectivity index (χ0n) is 11.8. The Morgan fingerprint density at radius 2 is 2.32 bits per heavy atom. The number of furan rings is 1. The van der Waals surface area contributed by atoms with E-state index >= 15 is 0 Å². The summed E-state index contributed by atoms with van der Waals surface area (Å²) in [5, 5.41) is 13.8. The molecular formula is C15H14N4O3. The van der Waals surface area contributed by atoms with E-state index in [0.717, 1.165) is 30.5 Å². The third-order valence-electron chi connectivity index (χ3n) is 3.77. The number of fused-ring (bicyclic) bond motifs is 1. The minimum atomic E-state index is -0.193. The van der Waals surface area contributed by atoms with Crippen molar-refractivity contribution in [2.45, 2.75) is 25.8 Å². The van der Waals surface area contributed by atoms with Gasteiger partial charge < -0.3 is 14.3 Å². The number of amides is 1. The quantitative estimate of drug-likeness (QED) is 0.768. The summed E-state index contributed by atoms with van der Waals surface area (Å²) in [6, 6.07) is 5.31. The van der Waals surface area contributed by atoms with Crippen LogP contribution in [0.2, 0.25) is 0 Å². The third kappa shape index (κ3) is 2.20. The highest BCUT2D eigenvalue weighted by Gasteiger charge is 2.23. The number of aryl methyl sites for hydroxylation is 1. The molecule has 0 atom stereocenters. The maximum Gasteiger partial charge on any atom is 0.272 e. The lowest BCUT2D eigenvalue weighted by Crippen LogP contribution is -2.24. The van der Waals surface area contributed by atoms with Crippen LogP contribution in [-0.4, -0.2) is 21.3 Å². The second-order valence-electron chi connectivity index (χ2n) is 5.23. The number of aromatic nitrogens is 3. The number of H-pyrrole nitrogens is 1.